The number of hydrazine groups is 1. The fourth-order valence-electron chi connectivity index (χ4n) is 1.95. The Morgan fingerprint density at radius 3 is 2.73 bits per heavy atom. The number of carbonyl (C=O) groups excluding carboxylic acids is 1. The van der Waals surface area contributed by atoms with E-state index in [9.17, 15) is 4.79 Å². The van der Waals surface area contributed by atoms with E-state index in [1.165, 1.54) is 6.20 Å². The van der Waals surface area contributed by atoms with Gasteiger partial charge in [0.1, 0.15) is 5.15 Å². The van der Waals surface area contributed by atoms with Gasteiger partial charge in [-0.3, -0.25) is 20.3 Å². The van der Waals surface area contributed by atoms with Gasteiger partial charge in [0, 0.05) is 25.4 Å². The summed E-state index contributed by atoms with van der Waals surface area (Å²) in [5, 5.41) is 7.50. The van der Waals surface area contributed by atoms with Crippen LogP contribution < -0.4 is 16.2 Å². The number of thiocarbonyl (C=S) groups is 1. The minimum Gasteiger partial charge on any atom is -0.364 e. The van der Waals surface area contributed by atoms with Crippen molar-refractivity contribution in [1.82, 2.24) is 30.9 Å². The topological polar surface area (TPSA) is 83.9 Å². The molecule has 2 rings (SSSR count). The first kappa shape index (κ1) is 16.2. The third-order valence-corrected chi connectivity index (χ3v) is 3.40. The summed E-state index contributed by atoms with van der Waals surface area (Å²) in [7, 11) is 3.40. The molecule has 3 N–H and O–H groups in total. The van der Waals surface area contributed by atoms with Gasteiger partial charge >= 0.3 is 0 Å². The van der Waals surface area contributed by atoms with Gasteiger partial charge < -0.3 is 5.32 Å². The highest BCUT2D eigenvalue weighted by molar-refractivity contribution is 7.80. The minimum absolute atomic E-state index is 0.307. The van der Waals surface area contributed by atoms with Crippen molar-refractivity contribution in [2.24, 2.45) is 7.05 Å². The molecule has 0 saturated heterocycles. The van der Waals surface area contributed by atoms with E-state index >= 15 is 0 Å². The van der Waals surface area contributed by atoms with E-state index in [2.05, 4.69) is 26.3 Å². The van der Waals surface area contributed by atoms with Crippen LogP contribution in [0.25, 0.3) is 11.3 Å². The van der Waals surface area contributed by atoms with E-state index in [1.807, 2.05) is 13.0 Å². The Balaban J connectivity index is 2.35. The molecule has 0 radical (unpaired) electrons. The molecule has 22 heavy (non-hydrogen) atoms. The van der Waals surface area contributed by atoms with Crippen molar-refractivity contribution < 1.29 is 4.79 Å². The molecule has 0 unspecified atom stereocenters. The monoisotopic (exact) mass is 338 g/mol. The van der Waals surface area contributed by atoms with Gasteiger partial charge in [0.05, 0.1) is 17.5 Å². The quantitative estimate of drug-likeness (QED) is 0.433. The van der Waals surface area contributed by atoms with E-state index in [4.69, 9.17) is 23.8 Å². The van der Waals surface area contributed by atoms with E-state index in [-0.39, 0.29) is 5.91 Å². The SMILES string of the molecule is CNC(=S)NNC(=O)c1cnn(C)c1-c1cc(C)nc(Cl)c1. The van der Waals surface area contributed by atoms with Crippen LogP contribution in [0.2, 0.25) is 5.15 Å². The number of rotatable bonds is 2. The zero-order valence-electron chi connectivity index (χ0n) is 12.3. The Hall–Kier alpha value is -2.19. The van der Waals surface area contributed by atoms with Crippen LogP contribution in [0.1, 0.15) is 16.1 Å². The fourth-order valence-corrected chi connectivity index (χ4v) is 2.26. The molecule has 7 nitrogen and oxygen atoms in total. The molecule has 9 heteroatoms. The number of aryl methyl sites for hydroxylation is 2. The zero-order valence-corrected chi connectivity index (χ0v) is 13.8. The van der Waals surface area contributed by atoms with Gasteiger partial charge in [0.15, 0.2) is 5.11 Å². The predicted octanol–water partition coefficient (Wildman–Crippen LogP) is 1.18. The van der Waals surface area contributed by atoms with Crippen LogP contribution in [-0.4, -0.2) is 32.8 Å². The van der Waals surface area contributed by atoms with Crippen LogP contribution in [0.3, 0.4) is 0 Å². The molecule has 2 aromatic rings. The van der Waals surface area contributed by atoms with Crippen LogP contribution >= 0.6 is 23.8 Å². The van der Waals surface area contributed by atoms with Crippen molar-refractivity contribution in [3.8, 4) is 11.3 Å². The first-order chi connectivity index (χ1) is 10.4. The van der Waals surface area contributed by atoms with Gasteiger partial charge in [-0.1, -0.05) is 11.6 Å². The second-order valence-corrected chi connectivity index (χ2v) is 5.30. The highest BCUT2D eigenvalue weighted by atomic mass is 35.5. The predicted molar refractivity (Wildman–Crippen MR) is 88.4 cm³/mol. The summed E-state index contributed by atoms with van der Waals surface area (Å²) in [6.45, 7) is 1.83. The van der Waals surface area contributed by atoms with Crippen molar-refractivity contribution >= 4 is 34.8 Å². The third kappa shape index (κ3) is 3.52. The first-order valence-corrected chi connectivity index (χ1v) is 7.15. The Kier molecular flexibility index (Phi) is 4.94. The second kappa shape index (κ2) is 6.71. The molecule has 0 aromatic carbocycles. The highest BCUT2D eigenvalue weighted by Crippen LogP contribution is 2.25. The Morgan fingerprint density at radius 2 is 2.09 bits per heavy atom. The molecule has 0 fully saturated rings. The summed E-state index contributed by atoms with van der Waals surface area (Å²) in [5.74, 6) is -0.355. The molecule has 0 aliphatic carbocycles. The summed E-state index contributed by atoms with van der Waals surface area (Å²) in [6.07, 6.45) is 1.48. The van der Waals surface area contributed by atoms with Gasteiger partial charge in [-0.2, -0.15) is 5.10 Å². The molecule has 0 spiro atoms. The number of nitrogens with one attached hydrogen (secondary N) is 3. The number of pyridine rings is 1. The molecule has 0 aliphatic heterocycles. The van der Waals surface area contributed by atoms with Crippen molar-refractivity contribution in [3.05, 3.63) is 34.7 Å². The van der Waals surface area contributed by atoms with Crippen molar-refractivity contribution in [2.45, 2.75) is 6.92 Å². The number of hydrogen-bond acceptors (Lipinski definition) is 4. The van der Waals surface area contributed by atoms with Crippen LogP contribution in [0.15, 0.2) is 18.3 Å². The molecule has 1 amide bonds. The average Bonchev–Trinajstić information content (AvgIpc) is 2.85. The maximum Gasteiger partial charge on any atom is 0.273 e. The summed E-state index contributed by atoms with van der Waals surface area (Å²) in [5.41, 5.74) is 7.65. The average molecular weight is 339 g/mol. The van der Waals surface area contributed by atoms with Crippen molar-refractivity contribution in [3.63, 3.8) is 0 Å². The molecule has 116 valence electrons. The number of halogens is 1. The maximum atomic E-state index is 12.3. The lowest BCUT2D eigenvalue weighted by atomic mass is 10.1. The molecule has 0 aliphatic rings. The minimum atomic E-state index is -0.355. The number of nitrogens with zero attached hydrogens (tertiary/aromatic N) is 3. The Labute approximate surface area is 138 Å². The molecule has 2 heterocycles. The van der Waals surface area contributed by atoms with Gasteiger partial charge in [0.2, 0.25) is 0 Å². The molecule has 2 aromatic heterocycles. The largest absolute Gasteiger partial charge is 0.364 e. The first-order valence-electron chi connectivity index (χ1n) is 6.37. The Bertz CT molecular complexity index is 709. The van der Waals surface area contributed by atoms with Gasteiger partial charge in [-0.15, -0.1) is 0 Å². The second-order valence-electron chi connectivity index (χ2n) is 4.51. The molecular formula is C13H15ClN6OS. The standard InChI is InChI=1S/C13H15ClN6OS/c1-7-4-8(5-10(14)17-7)11-9(6-16-20(11)3)12(21)18-19-13(22)15-2/h4-6H,1-3H3,(H,18,21)(H2,15,19,22). The lowest BCUT2D eigenvalue weighted by Crippen LogP contribution is -2.45. The number of hydrogen-bond donors (Lipinski definition) is 3. The van der Waals surface area contributed by atoms with Crippen LogP contribution in [0.4, 0.5) is 0 Å². The summed E-state index contributed by atoms with van der Waals surface area (Å²) < 4.78 is 1.61. The van der Waals surface area contributed by atoms with Gasteiger partial charge in [0.25, 0.3) is 5.91 Å². The van der Waals surface area contributed by atoms with Crippen LogP contribution in [0.5, 0.6) is 0 Å². The number of amides is 1. The van der Waals surface area contributed by atoms with E-state index < -0.39 is 0 Å². The molecular weight excluding hydrogens is 324 g/mol. The third-order valence-electron chi connectivity index (χ3n) is 2.90. The zero-order chi connectivity index (χ0) is 16.3. The van der Waals surface area contributed by atoms with E-state index in [1.54, 1.807) is 24.8 Å². The summed E-state index contributed by atoms with van der Waals surface area (Å²) in [4.78, 5) is 16.4. The van der Waals surface area contributed by atoms with E-state index in [0.29, 0.717) is 21.5 Å². The lowest BCUT2D eigenvalue weighted by molar-refractivity contribution is 0.0944. The molecule has 0 atom stereocenters. The van der Waals surface area contributed by atoms with Gasteiger partial charge in [-0.05, 0) is 31.3 Å². The molecule has 0 bridgehead atoms. The summed E-state index contributed by atoms with van der Waals surface area (Å²) >= 11 is 10.9. The van der Waals surface area contributed by atoms with Gasteiger partial charge in [-0.25, -0.2) is 4.98 Å². The van der Waals surface area contributed by atoms with Crippen LogP contribution in [0, 0.1) is 6.92 Å². The number of aromatic nitrogens is 3. The fraction of sp³-hybridized carbons (Fsp3) is 0.231. The van der Waals surface area contributed by atoms with Crippen molar-refractivity contribution in [1.29, 1.82) is 0 Å². The highest BCUT2D eigenvalue weighted by Gasteiger charge is 2.18. The van der Waals surface area contributed by atoms with Crippen LogP contribution in [-0.2, 0) is 7.05 Å². The number of carbonyl (C=O) groups is 1. The summed E-state index contributed by atoms with van der Waals surface area (Å²) in [6, 6.07) is 3.53. The smallest absolute Gasteiger partial charge is 0.273 e. The molecule has 0 saturated carbocycles. The Morgan fingerprint density at radius 1 is 1.36 bits per heavy atom. The lowest BCUT2D eigenvalue weighted by Gasteiger charge is -2.10. The normalized spacial score (nSPS) is 10.2. The van der Waals surface area contributed by atoms with Crippen molar-refractivity contribution in [2.75, 3.05) is 7.05 Å². The maximum absolute atomic E-state index is 12.3. The van der Waals surface area contributed by atoms with E-state index in [0.717, 1.165) is 11.3 Å².